The van der Waals surface area contributed by atoms with Gasteiger partial charge in [-0.3, -0.25) is 4.79 Å². The van der Waals surface area contributed by atoms with Crippen LogP contribution in [0.2, 0.25) is 0 Å². The van der Waals surface area contributed by atoms with Crippen LogP contribution in [-0.4, -0.2) is 5.78 Å². The Balaban J connectivity index is 0.000000383. The van der Waals surface area contributed by atoms with E-state index in [-0.39, 0.29) is 5.78 Å². The normalized spacial score (nSPS) is 10.5. The van der Waals surface area contributed by atoms with Crippen molar-refractivity contribution in [2.45, 2.75) is 6.54 Å². The van der Waals surface area contributed by atoms with Crippen molar-refractivity contribution in [2.75, 3.05) is 0 Å². The summed E-state index contributed by atoms with van der Waals surface area (Å²) in [5.74, 6) is 0.115. The number of pyridine rings is 1. The number of rotatable bonds is 3. The quantitative estimate of drug-likeness (QED) is 0.448. The Morgan fingerprint density at radius 1 is 1.00 bits per heavy atom. The van der Waals surface area contributed by atoms with E-state index in [9.17, 15) is 4.79 Å². The smallest absolute Gasteiger partial charge is 0.227 e. The fourth-order valence-electron chi connectivity index (χ4n) is 1.43. The van der Waals surface area contributed by atoms with Gasteiger partial charge in [0.25, 0.3) is 0 Å². The van der Waals surface area contributed by atoms with E-state index in [2.05, 4.69) is 15.9 Å². The molecule has 0 fully saturated rings. The van der Waals surface area contributed by atoms with E-state index in [1.54, 1.807) is 0 Å². The number of benzene rings is 1. The summed E-state index contributed by atoms with van der Waals surface area (Å²) in [5, 5.41) is 0. The number of hydrogen-bond donors (Lipinski definition) is 0. The molecule has 2 aromatic rings. The maximum Gasteiger partial charge on any atom is 0.227 e. The van der Waals surface area contributed by atoms with Crippen molar-refractivity contribution in [3.63, 3.8) is 0 Å². The average molecular weight is 377 g/mol. The number of hydrogen-bond acceptors (Lipinski definition) is 5. The zero-order chi connectivity index (χ0) is 15.9. The molecule has 112 valence electrons. The molecule has 0 atom stereocenters. The summed E-state index contributed by atoms with van der Waals surface area (Å²) in [6.45, 7) is 0.377. The Morgan fingerprint density at radius 2 is 1.48 bits per heavy atom. The zero-order valence-electron chi connectivity index (χ0n) is 10.6. The summed E-state index contributed by atoms with van der Waals surface area (Å²) in [6.07, 6.45) is 3.77. The number of Topliss-reactive ketones (excluding diaryl/α,β-unsaturated/α-hetero) is 1. The van der Waals surface area contributed by atoms with Crippen molar-refractivity contribution in [2.24, 2.45) is 0 Å². The second kappa shape index (κ2) is 8.18. The molecule has 0 aliphatic carbocycles. The van der Waals surface area contributed by atoms with Crippen LogP contribution in [0.15, 0.2) is 59.3 Å². The first-order valence-electron chi connectivity index (χ1n) is 5.60. The summed E-state index contributed by atoms with van der Waals surface area (Å²) < 4.78 is 36.8. The molecule has 1 aromatic carbocycles. The topological polar surface area (TPSA) is 113 Å². The van der Waals surface area contributed by atoms with Crippen molar-refractivity contribution in [1.29, 1.82) is 0 Å². The molecule has 0 amide bonds. The van der Waals surface area contributed by atoms with E-state index < -0.39 is 10.2 Å². The second-order valence-corrected chi connectivity index (χ2v) is 5.53. The monoisotopic (exact) mass is 375 g/mol. The van der Waals surface area contributed by atoms with Crippen LogP contribution in [-0.2, 0) is 6.54 Å². The molecule has 1 aromatic heterocycles. The minimum Gasteiger partial charge on any atom is -0.287 e. The molecule has 6 nitrogen and oxygen atoms in total. The van der Waals surface area contributed by atoms with E-state index in [0.717, 1.165) is 10.0 Å². The van der Waals surface area contributed by atoms with E-state index in [1.807, 2.05) is 59.4 Å². The third-order valence-corrected chi connectivity index (χ3v) is 2.80. The van der Waals surface area contributed by atoms with Crippen LogP contribution in [0.1, 0.15) is 10.4 Å². The molecule has 0 unspecified atom stereocenters. The van der Waals surface area contributed by atoms with Crippen LogP contribution in [0.5, 0.6) is 0 Å². The van der Waals surface area contributed by atoms with Crippen LogP contribution in [0.3, 0.4) is 0 Å². The maximum absolute atomic E-state index is 11.9. The van der Waals surface area contributed by atoms with Crippen LogP contribution in [0.4, 0.5) is 0 Å². The predicted molar refractivity (Wildman–Crippen MR) is 65.1 cm³/mol. The fourth-order valence-corrected chi connectivity index (χ4v) is 1.70. The summed E-state index contributed by atoms with van der Waals surface area (Å²) in [7, 11) is -4.94. The van der Waals surface area contributed by atoms with Crippen molar-refractivity contribution < 1.29 is 38.2 Å². The summed E-state index contributed by atoms with van der Waals surface area (Å²) in [4.78, 5) is 11.9. The minimum atomic E-state index is -4.94. The second-order valence-electron chi connectivity index (χ2n) is 3.86. The fraction of sp³-hybridized carbons (Fsp3) is 0.0769. The van der Waals surface area contributed by atoms with E-state index in [0.29, 0.717) is 6.54 Å². The van der Waals surface area contributed by atoms with Gasteiger partial charge in [0.15, 0.2) is 12.4 Å². The summed E-state index contributed by atoms with van der Waals surface area (Å²) in [6, 6.07) is 13.2. The Morgan fingerprint density at radius 3 is 1.95 bits per heavy atom. The highest BCUT2D eigenvalue weighted by Crippen LogP contribution is 2.10. The van der Waals surface area contributed by atoms with Gasteiger partial charge in [-0.15, -0.1) is 10.2 Å². The van der Waals surface area contributed by atoms with Gasteiger partial charge in [0, 0.05) is 22.2 Å². The lowest BCUT2D eigenvalue weighted by Gasteiger charge is -2.17. The summed E-state index contributed by atoms with van der Waals surface area (Å²) in [5.41, 5.74) is 0.736. The first kappa shape index (κ1) is 17.7. The molecule has 0 N–H and O–H groups in total. The number of nitrogens with zero attached hydrogens (tertiary/aromatic N) is 1. The van der Waals surface area contributed by atoms with Gasteiger partial charge in [-0.1, -0.05) is 34.1 Å². The highest BCUT2D eigenvalue weighted by molar-refractivity contribution is 9.10. The molecule has 0 radical (unpaired) electrons. The Bertz CT molecular complexity index is 565. The average Bonchev–Trinajstić information content (AvgIpc) is 2.38. The lowest BCUT2D eigenvalue weighted by molar-refractivity contribution is -2.00. The summed E-state index contributed by atoms with van der Waals surface area (Å²) >= 11 is 3.34. The van der Waals surface area contributed by atoms with E-state index >= 15 is 0 Å². The number of halogens is 2. The SMILES string of the molecule is O=C(C[n+]1ccccc1)c1ccc(Br)cc1.[O-][Cl+3]([O-])([O-])[O-]. The molecule has 8 heteroatoms. The minimum absolute atomic E-state index is 0.115. The molecule has 0 aliphatic heterocycles. The molecule has 0 aliphatic rings. The van der Waals surface area contributed by atoms with Gasteiger partial charge in [-0.25, -0.2) is 18.6 Å². The number of ketones is 1. The van der Waals surface area contributed by atoms with Crippen LogP contribution in [0.25, 0.3) is 0 Å². The van der Waals surface area contributed by atoms with E-state index in [1.165, 1.54) is 0 Å². The van der Waals surface area contributed by atoms with Crippen molar-refractivity contribution >= 4 is 21.7 Å². The van der Waals surface area contributed by atoms with Gasteiger partial charge < -0.3 is 0 Å². The number of carbonyl (C=O) groups is 1. The maximum atomic E-state index is 11.9. The van der Waals surface area contributed by atoms with Crippen molar-refractivity contribution in [3.05, 3.63) is 64.9 Å². The number of carbonyl (C=O) groups excluding carboxylic acids is 1. The Hall–Kier alpha value is -1.35. The highest BCUT2D eigenvalue weighted by atomic mass is 79.9. The largest absolute Gasteiger partial charge is 0.287 e. The lowest BCUT2D eigenvalue weighted by atomic mass is 10.1. The molecule has 2 rings (SSSR count). The van der Waals surface area contributed by atoms with Gasteiger partial charge in [-0.2, -0.15) is 4.57 Å². The molecular weight excluding hydrogens is 366 g/mol. The first-order valence-corrected chi connectivity index (χ1v) is 7.63. The standard InChI is InChI=1S/C13H11BrNO.ClHO4/c14-12-6-4-11(5-7-12)13(16)10-15-8-2-1-3-9-15;2-1(3,4)5/h1-9H,10H2;(H,2,3,4,5)/q+1;/p-1. The van der Waals surface area contributed by atoms with Crippen LogP contribution < -0.4 is 23.2 Å². The third-order valence-electron chi connectivity index (χ3n) is 2.27. The van der Waals surface area contributed by atoms with Crippen molar-refractivity contribution in [1.82, 2.24) is 0 Å². The molecule has 0 saturated carbocycles. The first-order chi connectivity index (χ1) is 9.75. The van der Waals surface area contributed by atoms with Crippen LogP contribution in [0, 0.1) is 10.2 Å². The Kier molecular flexibility index (Phi) is 6.90. The van der Waals surface area contributed by atoms with Crippen molar-refractivity contribution in [3.8, 4) is 0 Å². The number of aromatic nitrogens is 1. The van der Waals surface area contributed by atoms with Crippen LogP contribution >= 0.6 is 15.9 Å². The van der Waals surface area contributed by atoms with Gasteiger partial charge >= 0.3 is 0 Å². The zero-order valence-corrected chi connectivity index (χ0v) is 13.0. The van der Waals surface area contributed by atoms with Gasteiger partial charge in [-0.05, 0) is 12.1 Å². The third kappa shape index (κ3) is 8.51. The van der Waals surface area contributed by atoms with Gasteiger partial charge in [0.1, 0.15) is 0 Å². The molecule has 1 heterocycles. The highest BCUT2D eigenvalue weighted by Gasteiger charge is 2.10. The van der Waals surface area contributed by atoms with Gasteiger partial charge in [0.2, 0.25) is 12.3 Å². The molecule has 0 saturated heterocycles. The molecular formula is C13H11BrClNO5. The van der Waals surface area contributed by atoms with Gasteiger partial charge in [0.05, 0.1) is 0 Å². The molecule has 21 heavy (non-hydrogen) atoms. The predicted octanol–water partition coefficient (Wildman–Crippen LogP) is -2.14. The Labute approximate surface area is 131 Å². The lowest BCUT2D eigenvalue weighted by Crippen LogP contribution is -2.68. The van der Waals surface area contributed by atoms with E-state index in [4.69, 9.17) is 18.6 Å². The molecule has 0 spiro atoms. The molecule has 0 bridgehead atoms.